The number of hydrogen-bond acceptors (Lipinski definition) is 1. The Labute approximate surface area is 111 Å². The summed E-state index contributed by atoms with van der Waals surface area (Å²) in [5.74, 6) is -0.200. The lowest BCUT2D eigenvalue weighted by Crippen LogP contribution is -2.05. The van der Waals surface area contributed by atoms with E-state index in [0.717, 1.165) is 28.3 Å². The fourth-order valence-electron chi connectivity index (χ4n) is 2.45. The molecule has 2 aromatic rings. The Bertz CT molecular complexity index is 592. The molecule has 0 saturated heterocycles. The first-order valence-corrected chi connectivity index (χ1v) is 6.33. The molecule has 1 unspecified atom stereocenters. The molecule has 2 aromatic carbocycles. The lowest BCUT2D eigenvalue weighted by atomic mass is 10.0. The van der Waals surface area contributed by atoms with Gasteiger partial charge in [-0.3, -0.25) is 0 Å². The van der Waals surface area contributed by atoms with Crippen molar-refractivity contribution in [2.45, 2.75) is 19.4 Å². The summed E-state index contributed by atoms with van der Waals surface area (Å²) in [5.41, 5.74) is 4.57. The predicted molar refractivity (Wildman–Crippen MR) is 72.7 cm³/mol. The molecule has 0 spiro atoms. The number of fused-ring (bicyclic) bond motifs is 1. The SMILES string of the molecule is Cc1c(Cl)ccc2c1NC(c1ccc(F)cc1)C2. The Kier molecular flexibility index (Phi) is 2.75. The Morgan fingerprint density at radius 1 is 1.17 bits per heavy atom. The van der Waals surface area contributed by atoms with E-state index in [1.807, 2.05) is 25.1 Å². The van der Waals surface area contributed by atoms with Crippen molar-refractivity contribution in [1.29, 1.82) is 0 Å². The zero-order valence-electron chi connectivity index (χ0n) is 10.0. The minimum absolute atomic E-state index is 0.200. The van der Waals surface area contributed by atoms with Crippen LogP contribution >= 0.6 is 11.6 Å². The molecule has 1 nitrogen and oxygen atoms in total. The third-order valence-electron chi connectivity index (χ3n) is 3.50. The summed E-state index contributed by atoms with van der Waals surface area (Å²) in [5, 5.41) is 4.25. The smallest absolute Gasteiger partial charge is 0.123 e. The minimum atomic E-state index is -0.200. The maximum atomic E-state index is 12.9. The lowest BCUT2D eigenvalue weighted by molar-refractivity contribution is 0.626. The van der Waals surface area contributed by atoms with Gasteiger partial charge in [-0.25, -0.2) is 4.39 Å². The van der Waals surface area contributed by atoms with Gasteiger partial charge in [0.25, 0.3) is 0 Å². The maximum absolute atomic E-state index is 12.9. The Morgan fingerprint density at radius 3 is 2.61 bits per heavy atom. The van der Waals surface area contributed by atoms with Gasteiger partial charge >= 0.3 is 0 Å². The van der Waals surface area contributed by atoms with E-state index >= 15 is 0 Å². The molecule has 0 aromatic heterocycles. The second-order valence-corrected chi connectivity index (χ2v) is 5.07. The van der Waals surface area contributed by atoms with Crippen LogP contribution in [0.15, 0.2) is 36.4 Å². The molecule has 18 heavy (non-hydrogen) atoms. The van der Waals surface area contributed by atoms with E-state index in [-0.39, 0.29) is 11.9 Å². The number of benzene rings is 2. The second-order valence-electron chi connectivity index (χ2n) is 4.66. The number of hydrogen-bond donors (Lipinski definition) is 1. The first-order valence-electron chi connectivity index (χ1n) is 5.95. The highest BCUT2D eigenvalue weighted by molar-refractivity contribution is 6.31. The number of rotatable bonds is 1. The monoisotopic (exact) mass is 261 g/mol. The molecule has 0 fully saturated rings. The van der Waals surface area contributed by atoms with E-state index in [1.54, 1.807) is 0 Å². The molecule has 0 amide bonds. The Balaban J connectivity index is 1.93. The summed E-state index contributed by atoms with van der Waals surface area (Å²) in [6.45, 7) is 2.02. The van der Waals surface area contributed by atoms with Gasteiger partial charge in [0.15, 0.2) is 0 Å². The molecule has 3 heteroatoms. The molecule has 1 heterocycles. The number of halogens is 2. The summed E-state index contributed by atoms with van der Waals surface area (Å²) in [6.07, 6.45) is 0.916. The fraction of sp³-hybridized carbons (Fsp3) is 0.200. The molecule has 92 valence electrons. The lowest BCUT2D eigenvalue weighted by Gasteiger charge is -2.12. The average Bonchev–Trinajstić information content (AvgIpc) is 2.80. The predicted octanol–water partition coefficient (Wildman–Crippen LogP) is 4.50. The van der Waals surface area contributed by atoms with Crippen LogP contribution in [0.2, 0.25) is 5.02 Å². The van der Waals surface area contributed by atoms with E-state index in [2.05, 4.69) is 11.4 Å². The van der Waals surface area contributed by atoms with Crippen molar-refractivity contribution in [3.05, 3.63) is 63.9 Å². The summed E-state index contributed by atoms with van der Waals surface area (Å²) in [6, 6.07) is 10.9. The van der Waals surface area contributed by atoms with Crippen molar-refractivity contribution in [2.75, 3.05) is 5.32 Å². The van der Waals surface area contributed by atoms with Gasteiger partial charge in [-0.15, -0.1) is 0 Å². The van der Waals surface area contributed by atoms with Gasteiger partial charge in [-0.1, -0.05) is 29.8 Å². The molecule has 3 rings (SSSR count). The van der Waals surface area contributed by atoms with Gasteiger partial charge in [0.2, 0.25) is 0 Å². The molecule has 0 aliphatic carbocycles. The largest absolute Gasteiger partial charge is 0.377 e. The highest BCUT2D eigenvalue weighted by Gasteiger charge is 2.24. The van der Waals surface area contributed by atoms with Crippen molar-refractivity contribution >= 4 is 17.3 Å². The van der Waals surface area contributed by atoms with Gasteiger partial charge in [0.1, 0.15) is 5.82 Å². The zero-order chi connectivity index (χ0) is 12.7. The third-order valence-corrected chi connectivity index (χ3v) is 3.91. The summed E-state index contributed by atoms with van der Waals surface area (Å²) in [4.78, 5) is 0. The normalized spacial score (nSPS) is 17.4. The Hall–Kier alpha value is -1.54. The van der Waals surface area contributed by atoms with Gasteiger partial charge in [-0.05, 0) is 48.2 Å². The van der Waals surface area contributed by atoms with Crippen LogP contribution in [0.4, 0.5) is 10.1 Å². The highest BCUT2D eigenvalue weighted by Crippen LogP contribution is 2.38. The van der Waals surface area contributed by atoms with E-state index in [9.17, 15) is 4.39 Å². The molecular formula is C15H13ClFN. The number of anilines is 1. The standard InChI is InChI=1S/C15H13ClFN/c1-9-13(16)7-4-11-8-14(18-15(9)11)10-2-5-12(17)6-3-10/h2-7,14,18H,8H2,1H3. The molecule has 0 saturated carbocycles. The van der Waals surface area contributed by atoms with Gasteiger partial charge < -0.3 is 5.32 Å². The summed E-state index contributed by atoms with van der Waals surface area (Å²) >= 11 is 6.12. The van der Waals surface area contributed by atoms with Crippen molar-refractivity contribution in [3.63, 3.8) is 0 Å². The van der Waals surface area contributed by atoms with Crippen molar-refractivity contribution < 1.29 is 4.39 Å². The summed E-state index contributed by atoms with van der Waals surface area (Å²) < 4.78 is 12.9. The van der Waals surface area contributed by atoms with Crippen LogP contribution in [0.3, 0.4) is 0 Å². The summed E-state index contributed by atoms with van der Waals surface area (Å²) in [7, 11) is 0. The van der Waals surface area contributed by atoms with Crippen LogP contribution in [0.1, 0.15) is 22.7 Å². The van der Waals surface area contributed by atoms with Gasteiger partial charge in [0, 0.05) is 10.7 Å². The van der Waals surface area contributed by atoms with Crippen LogP contribution in [-0.4, -0.2) is 0 Å². The van der Waals surface area contributed by atoms with Crippen molar-refractivity contribution in [3.8, 4) is 0 Å². The highest BCUT2D eigenvalue weighted by atomic mass is 35.5. The first kappa shape index (κ1) is 11.5. The van der Waals surface area contributed by atoms with Crippen molar-refractivity contribution in [1.82, 2.24) is 0 Å². The first-order chi connectivity index (χ1) is 8.65. The third kappa shape index (κ3) is 1.87. The zero-order valence-corrected chi connectivity index (χ0v) is 10.8. The van der Waals surface area contributed by atoms with E-state index in [0.29, 0.717) is 0 Å². The van der Waals surface area contributed by atoms with Gasteiger partial charge in [-0.2, -0.15) is 0 Å². The fourth-order valence-corrected chi connectivity index (χ4v) is 2.61. The number of nitrogens with one attached hydrogen (secondary N) is 1. The quantitative estimate of drug-likeness (QED) is 0.797. The van der Waals surface area contributed by atoms with E-state index in [4.69, 9.17) is 11.6 Å². The average molecular weight is 262 g/mol. The molecule has 1 N–H and O–H groups in total. The molecule has 1 aliphatic rings. The molecular weight excluding hydrogens is 249 g/mol. The van der Waals surface area contributed by atoms with Crippen LogP contribution in [0.25, 0.3) is 0 Å². The molecule has 1 atom stereocenters. The van der Waals surface area contributed by atoms with Gasteiger partial charge in [0.05, 0.1) is 6.04 Å². The van der Waals surface area contributed by atoms with E-state index in [1.165, 1.54) is 17.7 Å². The maximum Gasteiger partial charge on any atom is 0.123 e. The van der Waals surface area contributed by atoms with E-state index < -0.39 is 0 Å². The van der Waals surface area contributed by atoms with Crippen LogP contribution in [-0.2, 0) is 6.42 Å². The van der Waals surface area contributed by atoms with Crippen LogP contribution < -0.4 is 5.32 Å². The molecule has 0 radical (unpaired) electrons. The van der Waals surface area contributed by atoms with Crippen LogP contribution in [0.5, 0.6) is 0 Å². The topological polar surface area (TPSA) is 12.0 Å². The molecule has 0 bridgehead atoms. The van der Waals surface area contributed by atoms with Crippen LogP contribution in [0, 0.1) is 12.7 Å². The second kappa shape index (κ2) is 4.29. The minimum Gasteiger partial charge on any atom is -0.377 e. The van der Waals surface area contributed by atoms with Crippen molar-refractivity contribution in [2.24, 2.45) is 0 Å². The Morgan fingerprint density at radius 2 is 1.89 bits per heavy atom. The molecule has 1 aliphatic heterocycles.